The molecule has 0 atom stereocenters. The van der Waals surface area contributed by atoms with Crippen molar-refractivity contribution in [2.75, 3.05) is 30.0 Å². The summed E-state index contributed by atoms with van der Waals surface area (Å²) in [7, 11) is 3.26. The number of benzene rings is 3. The van der Waals surface area contributed by atoms with Crippen LogP contribution in [0, 0.1) is 0 Å². The van der Waals surface area contributed by atoms with Gasteiger partial charge in [0.25, 0.3) is 5.91 Å². The van der Waals surface area contributed by atoms with E-state index in [9.17, 15) is 18.0 Å². The number of nitrogens with one attached hydrogen (secondary N) is 3. The molecule has 0 saturated carbocycles. The molecule has 1 aromatic heterocycles. The number of carbonyl (C=O) groups is 1. The number of anilines is 3. The van der Waals surface area contributed by atoms with E-state index < -0.39 is 17.6 Å². The van der Waals surface area contributed by atoms with Crippen LogP contribution in [0.25, 0.3) is 10.8 Å². The Morgan fingerprint density at radius 2 is 1.76 bits per heavy atom. The molecule has 0 fully saturated rings. The van der Waals surface area contributed by atoms with Gasteiger partial charge < -0.3 is 20.7 Å². The van der Waals surface area contributed by atoms with Crippen LogP contribution in [0.4, 0.5) is 30.5 Å². The number of amides is 1. The summed E-state index contributed by atoms with van der Waals surface area (Å²) >= 11 is 0. The summed E-state index contributed by atoms with van der Waals surface area (Å²) in [6.45, 7) is 0. The lowest BCUT2D eigenvalue weighted by Gasteiger charge is -2.15. The number of alkyl halides is 3. The van der Waals surface area contributed by atoms with E-state index in [0.717, 1.165) is 12.1 Å². The lowest BCUT2D eigenvalue weighted by Crippen LogP contribution is -2.15. The minimum atomic E-state index is -4.53. The monoisotopic (exact) mass is 467 g/mol. The molecular weight excluding hydrogens is 447 g/mol. The molecule has 4 aromatic rings. The van der Waals surface area contributed by atoms with Crippen molar-refractivity contribution in [1.29, 1.82) is 0 Å². The molecule has 4 rings (SSSR count). The van der Waals surface area contributed by atoms with Crippen molar-refractivity contribution in [2.24, 2.45) is 0 Å². The summed E-state index contributed by atoms with van der Waals surface area (Å²) in [5.41, 5.74) is -0.151. The number of hydrogen-bond acceptors (Lipinski definition) is 6. The second-order valence-electron chi connectivity index (χ2n) is 7.22. The minimum absolute atomic E-state index is 0.0309. The molecule has 3 aromatic carbocycles. The van der Waals surface area contributed by atoms with Crippen LogP contribution in [0.3, 0.4) is 0 Å². The Bertz CT molecular complexity index is 1360. The molecular formula is C24H20F3N5O2. The highest BCUT2D eigenvalue weighted by Crippen LogP contribution is 2.34. The molecule has 0 aliphatic carbocycles. The molecule has 0 aliphatic rings. The first-order chi connectivity index (χ1) is 16.3. The van der Waals surface area contributed by atoms with Crippen molar-refractivity contribution in [3.05, 3.63) is 78.0 Å². The third-order valence-electron chi connectivity index (χ3n) is 5.04. The molecule has 34 heavy (non-hydrogen) atoms. The van der Waals surface area contributed by atoms with E-state index in [2.05, 4.69) is 25.9 Å². The van der Waals surface area contributed by atoms with Crippen LogP contribution < -0.4 is 20.7 Å². The van der Waals surface area contributed by atoms with Gasteiger partial charge in [-0.25, -0.2) is 4.98 Å². The molecule has 3 N–H and O–H groups in total. The van der Waals surface area contributed by atoms with Gasteiger partial charge in [0.05, 0.1) is 16.9 Å². The number of nitrogens with zero attached hydrogens (tertiary/aromatic N) is 2. The van der Waals surface area contributed by atoms with Crippen molar-refractivity contribution in [1.82, 2.24) is 9.97 Å². The average Bonchev–Trinajstić information content (AvgIpc) is 2.83. The van der Waals surface area contributed by atoms with E-state index in [1.165, 1.54) is 6.07 Å². The molecule has 0 unspecified atom stereocenters. The van der Waals surface area contributed by atoms with Crippen LogP contribution in [0.15, 0.2) is 66.9 Å². The van der Waals surface area contributed by atoms with Gasteiger partial charge in [0.2, 0.25) is 11.8 Å². The Labute approximate surface area is 193 Å². The van der Waals surface area contributed by atoms with Crippen LogP contribution in [0.2, 0.25) is 0 Å². The van der Waals surface area contributed by atoms with Gasteiger partial charge in [-0.2, -0.15) is 18.2 Å². The maximum Gasteiger partial charge on any atom is 0.416 e. The summed E-state index contributed by atoms with van der Waals surface area (Å²) in [6.07, 6.45) is -2.97. The lowest BCUT2D eigenvalue weighted by atomic mass is 10.0. The zero-order valence-electron chi connectivity index (χ0n) is 18.2. The number of hydrogen-bond donors (Lipinski definition) is 3. The highest BCUT2D eigenvalue weighted by molar-refractivity contribution is 6.14. The van der Waals surface area contributed by atoms with Crippen molar-refractivity contribution in [3.63, 3.8) is 0 Å². The Balaban J connectivity index is 1.63. The highest BCUT2D eigenvalue weighted by Gasteiger charge is 2.31. The van der Waals surface area contributed by atoms with Gasteiger partial charge in [-0.1, -0.05) is 12.1 Å². The number of ether oxygens (including phenoxy) is 1. The van der Waals surface area contributed by atoms with Gasteiger partial charge in [0.1, 0.15) is 5.75 Å². The summed E-state index contributed by atoms with van der Waals surface area (Å²) in [4.78, 5) is 21.3. The predicted octanol–water partition coefficient (Wildman–Crippen LogP) is 5.78. The maximum atomic E-state index is 13.2. The quantitative estimate of drug-likeness (QED) is 0.333. The predicted molar refractivity (Wildman–Crippen MR) is 125 cm³/mol. The van der Waals surface area contributed by atoms with E-state index in [0.29, 0.717) is 39.6 Å². The van der Waals surface area contributed by atoms with Crippen LogP contribution in [0.5, 0.6) is 11.6 Å². The first-order valence-electron chi connectivity index (χ1n) is 10.2. The third kappa shape index (κ3) is 4.85. The summed E-state index contributed by atoms with van der Waals surface area (Å²) in [6, 6.07) is 15.0. The van der Waals surface area contributed by atoms with Gasteiger partial charge in [-0.3, -0.25) is 4.79 Å². The number of halogens is 3. The Morgan fingerprint density at radius 1 is 0.941 bits per heavy atom. The standard InChI is InChI=1S/C24H20F3N5O2/c1-28-19-9-6-15(24(25,26)27)13-20(19)31-22(33)18-5-3-4-14-12-16(7-8-17(14)18)34-21-10-11-30-23(29-2)32-21/h3-13,28H,1-2H3,(H,31,33)(H,29,30,32). The summed E-state index contributed by atoms with van der Waals surface area (Å²) in [5.74, 6) is 0.718. The van der Waals surface area contributed by atoms with Crippen molar-refractivity contribution < 1.29 is 22.7 Å². The smallest absolute Gasteiger partial charge is 0.416 e. The maximum absolute atomic E-state index is 13.2. The van der Waals surface area contributed by atoms with Crippen molar-refractivity contribution in [3.8, 4) is 11.6 Å². The second-order valence-corrected chi connectivity index (χ2v) is 7.22. The largest absolute Gasteiger partial charge is 0.439 e. The molecule has 174 valence electrons. The van der Waals surface area contributed by atoms with Gasteiger partial charge in [0, 0.05) is 31.9 Å². The fraction of sp³-hybridized carbons (Fsp3) is 0.125. The topological polar surface area (TPSA) is 88.2 Å². The van der Waals surface area contributed by atoms with Crippen LogP contribution in [-0.2, 0) is 6.18 Å². The average molecular weight is 467 g/mol. The zero-order valence-corrected chi connectivity index (χ0v) is 18.2. The number of rotatable bonds is 6. The third-order valence-corrected chi connectivity index (χ3v) is 5.04. The lowest BCUT2D eigenvalue weighted by molar-refractivity contribution is -0.137. The Hall–Kier alpha value is -4.34. The van der Waals surface area contributed by atoms with E-state index in [1.807, 2.05) is 0 Å². The van der Waals surface area contributed by atoms with Crippen LogP contribution in [-0.4, -0.2) is 30.0 Å². The molecule has 1 amide bonds. The molecule has 0 aliphatic heterocycles. The molecule has 0 radical (unpaired) electrons. The van der Waals surface area contributed by atoms with Gasteiger partial charge >= 0.3 is 6.18 Å². The fourth-order valence-electron chi connectivity index (χ4n) is 3.40. The van der Waals surface area contributed by atoms with Crippen LogP contribution >= 0.6 is 0 Å². The fourth-order valence-corrected chi connectivity index (χ4v) is 3.40. The second kappa shape index (κ2) is 9.26. The van der Waals surface area contributed by atoms with E-state index >= 15 is 0 Å². The Kier molecular flexibility index (Phi) is 6.22. The van der Waals surface area contributed by atoms with E-state index in [1.54, 1.807) is 62.8 Å². The SMILES string of the molecule is CNc1nccc(Oc2ccc3c(C(=O)Nc4cc(C(F)(F)F)ccc4NC)cccc3c2)n1. The van der Waals surface area contributed by atoms with Gasteiger partial charge in [-0.05, 0) is 53.2 Å². The number of aromatic nitrogens is 2. The number of carbonyl (C=O) groups excluding carboxylic acids is 1. The molecule has 7 nitrogen and oxygen atoms in total. The van der Waals surface area contributed by atoms with Gasteiger partial charge in [0.15, 0.2) is 0 Å². The highest BCUT2D eigenvalue weighted by atomic mass is 19.4. The molecule has 0 spiro atoms. The first-order valence-corrected chi connectivity index (χ1v) is 10.2. The summed E-state index contributed by atoms with van der Waals surface area (Å²) < 4.78 is 45.3. The van der Waals surface area contributed by atoms with E-state index in [-0.39, 0.29) is 5.69 Å². The molecule has 0 bridgehead atoms. The minimum Gasteiger partial charge on any atom is -0.439 e. The molecule has 10 heteroatoms. The molecule has 0 saturated heterocycles. The molecule has 1 heterocycles. The zero-order chi connectivity index (χ0) is 24.3. The first kappa shape index (κ1) is 22.8. The van der Waals surface area contributed by atoms with Crippen molar-refractivity contribution in [2.45, 2.75) is 6.18 Å². The van der Waals surface area contributed by atoms with Crippen molar-refractivity contribution >= 4 is 34.0 Å². The Morgan fingerprint density at radius 3 is 2.50 bits per heavy atom. The van der Waals surface area contributed by atoms with Crippen LogP contribution in [0.1, 0.15) is 15.9 Å². The number of fused-ring (bicyclic) bond motifs is 1. The normalized spacial score (nSPS) is 11.2. The summed E-state index contributed by atoms with van der Waals surface area (Å²) in [5, 5.41) is 9.54. The van der Waals surface area contributed by atoms with Gasteiger partial charge in [-0.15, -0.1) is 0 Å². The van der Waals surface area contributed by atoms with E-state index in [4.69, 9.17) is 4.74 Å².